The number of hydrogen-bond acceptors (Lipinski definition) is 6. The number of pyridine rings is 1. The topological polar surface area (TPSA) is 126 Å². The summed E-state index contributed by atoms with van der Waals surface area (Å²) in [5.74, 6) is -1.20. The molecule has 0 aliphatic heterocycles. The largest absolute Gasteiger partial charge is 0.478 e. The highest BCUT2D eigenvalue weighted by Crippen LogP contribution is 2.28. The zero-order valence-corrected chi connectivity index (χ0v) is 10.7. The molecular formula is C12H15N3O5. The summed E-state index contributed by atoms with van der Waals surface area (Å²) in [5, 5.41) is 32.3. The Labute approximate surface area is 114 Å². The predicted octanol–water partition coefficient (Wildman–Crippen LogP) is 1.26. The Kier molecular flexibility index (Phi) is 4.14. The maximum Gasteiger partial charge on any atom is 0.337 e. The fourth-order valence-corrected chi connectivity index (χ4v) is 2.33. The molecule has 3 N–H and O–H groups in total. The van der Waals surface area contributed by atoms with Crippen molar-refractivity contribution in [2.75, 3.05) is 11.9 Å². The van der Waals surface area contributed by atoms with Gasteiger partial charge in [-0.25, -0.2) is 9.78 Å². The van der Waals surface area contributed by atoms with Crippen LogP contribution in [0.5, 0.6) is 0 Å². The van der Waals surface area contributed by atoms with E-state index < -0.39 is 17.0 Å². The van der Waals surface area contributed by atoms with Gasteiger partial charge < -0.3 is 15.5 Å². The van der Waals surface area contributed by atoms with Gasteiger partial charge in [0.1, 0.15) is 0 Å². The van der Waals surface area contributed by atoms with Crippen molar-refractivity contribution < 1.29 is 19.9 Å². The van der Waals surface area contributed by atoms with Gasteiger partial charge >= 0.3 is 11.7 Å². The van der Waals surface area contributed by atoms with Gasteiger partial charge in [0.25, 0.3) is 0 Å². The van der Waals surface area contributed by atoms with Crippen LogP contribution in [0.2, 0.25) is 0 Å². The Hall–Kier alpha value is -2.22. The van der Waals surface area contributed by atoms with Crippen LogP contribution in [-0.4, -0.2) is 38.7 Å². The van der Waals surface area contributed by atoms with Gasteiger partial charge in [-0.05, 0) is 12.8 Å². The van der Waals surface area contributed by atoms with Gasteiger partial charge in [0, 0.05) is 24.7 Å². The first-order valence-corrected chi connectivity index (χ1v) is 6.28. The number of nitro groups is 1. The lowest BCUT2D eigenvalue weighted by Crippen LogP contribution is -2.22. The zero-order valence-electron chi connectivity index (χ0n) is 10.7. The Morgan fingerprint density at radius 2 is 2.30 bits per heavy atom. The van der Waals surface area contributed by atoms with Crippen molar-refractivity contribution in [2.45, 2.75) is 25.4 Å². The number of nitrogens with zero attached hydrogens (tertiary/aromatic N) is 2. The van der Waals surface area contributed by atoms with Crippen molar-refractivity contribution in [1.29, 1.82) is 0 Å². The molecule has 2 rings (SSSR count). The zero-order chi connectivity index (χ0) is 14.7. The summed E-state index contributed by atoms with van der Waals surface area (Å²) in [6.45, 7) is 0.376. The van der Waals surface area contributed by atoms with Crippen LogP contribution in [0.4, 0.5) is 11.5 Å². The van der Waals surface area contributed by atoms with Gasteiger partial charge in [-0.15, -0.1) is 0 Å². The third-order valence-electron chi connectivity index (χ3n) is 3.46. The lowest BCUT2D eigenvalue weighted by molar-refractivity contribution is -0.384. The van der Waals surface area contributed by atoms with Crippen LogP contribution in [0.1, 0.15) is 29.6 Å². The molecular weight excluding hydrogens is 266 g/mol. The van der Waals surface area contributed by atoms with Crippen LogP contribution in [0.3, 0.4) is 0 Å². The van der Waals surface area contributed by atoms with Crippen molar-refractivity contribution in [2.24, 2.45) is 5.92 Å². The van der Waals surface area contributed by atoms with Gasteiger partial charge in [-0.1, -0.05) is 6.42 Å². The minimum atomic E-state index is -1.27. The van der Waals surface area contributed by atoms with Gasteiger partial charge in [0.05, 0.1) is 16.6 Å². The lowest BCUT2D eigenvalue weighted by Gasteiger charge is -2.15. The van der Waals surface area contributed by atoms with E-state index in [0.717, 1.165) is 31.5 Å². The molecule has 2 atom stereocenters. The minimum Gasteiger partial charge on any atom is -0.478 e. The van der Waals surface area contributed by atoms with Gasteiger partial charge in [-0.3, -0.25) is 10.1 Å². The molecule has 2 unspecified atom stereocenters. The van der Waals surface area contributed by atoms with E-state index in [1.54, 1.807) is 0 Å². The Morgan fingerprint density at radius 3 is 2.85 bits per heavy atom. The van der Waals surface area contributed by atoms with Crippen molar-refractivity contribution in [3.8, 4) is 0 Å². The maximum atomic E-state index is 10.9. The Morgan fingerprint density at radius 1 is 1.55 bits per heavy atom. The lowest BCUT2D eigenvalue weighted by atomic mass is 10.1. The fraction of sp³-hybridized carbons (Fsp3) is 0.500. The fourth-order valence-electron chi connectivity index (χ4n) is 2.33. The molecule has 1 aliphatic carbocycles. The molecule has 1 aromatic heterocycles. The molecule has 0 bridgehead atoms. The van der Waals surface area contributed by atoms with E-state index in [1.165, 1.54) is 0 Å². The van der Waals surface area contributed by atoms with E-state index in [4.69, 9.17) is 5.11 Å². The standard InChI is InChI=1S/C12H15N3O5/c16-10-3-1-2-7(10)5-13-11-9(15(19)20)4-8(6-14-11)12(17)18/h4,6-7,10,16H,1-3,5H2,(H,13,14)(H,17,18). The molecule has 20 heavy (non-hydrogen) atoms. The molecule has 1 aliphatic rings. The average Bonchev–Trinajstić information content (AvgIpc) is 2.81. The van der Waals surface area contributed by atoms with E-state index in [9.17, 15) is 20.0 Å². The van der Waals surface area contributed by atoms with Crippen LogP contribution >= 0.6 is 0 Å². The molecule has 0 saturated heterocycles. The first-order chi connectivity index (χ1) is 9.49. The number of aromatic nitrogens is 1. The molecule has 1 heterocycles. The van der Waals surface area contributed by atoms with Crippen LogP contribution in [0.15, 0.2) is 12.3 Å². The molecule has 0 aromatic carbocycles. The quantitative estimate of drug-likeness (QED) is 0.547. The number of carboxylic acids is 1. The molecule has 8 nitrogen and oxygen atoms in total. The number of carboxylic acid groups (broad SMARTS) is 1. The number of aliphatic hydroxyl groups is 1. The second-order valence-corrected chi connectivity index (χ2v) is 4.79. The summed E-state index contributed by atoms with van der Waals surface area (Å²) < 4.78 is 0. The van der Waals surface area contributed by atoms with Gasteiger partial charge in [-0.2, -0.15) is 0 Å². The third kappa shape index (κ3) is 3.02. The van der Waals surface area contributed by atoms with E-state index in [-0.39, 0.29) is 23.0 Å². The smallest absolute Gasteiger partial charge is 0.337 e. The summed E-state index contributed by atoms with van der Waals surface area (Å²) in [4.78, 5) is 24.8. The minimum absolute atomic E-state index is 0.0269. The highest BCUT2D eigenvalue weighted by Gasteiger charge is 2.26. The average molecular weight is 281 g/mol. The monoisotopic (exact) mass is 281 g/mol. The Bertz CT molecular complexity index is 534. The third-order valence-corrected chi connectivity index (χ3v) is 3.46. The number of anilines is 1. The molecule has 0 radical (unpaired) electrons. The van der Waals surface area contributed by atoms with Gasteiger partial charge in [0.15, 0.2) is 0 Å². The molecule has 0 spiro atoms. The van der Waals surface area contributed by atoms with E-state index in [0.29, 0.717) is 6.54 Å². The molecule has 0 amide bonds. The number of aromatic carboxylic acids is 1. The SMILES string of the molecule is O=C(O)c1cnc(NCC2CCCC2O)c([N+](=O)[O-])c1. The number of nitrogens with one attached hydrogen (secondary N) is 1. The second-order valence-electron chi connectivity index (χ2n) is 4.79. The van der Waals surface area contributed by atoms with Crippen molar-refractivity contribution in [1.82, 2.24) is 4.98 Å². The molecule has 8 heteroatoms. The number of carbonyl (C=O) groups is 1. The summed E-state index contributed by atoms with van der Waals surface area (Å²) in [6.07, 6.45) is 3.19. The first-order valence-electron chi connectivity index (χ1n) is 6.28. The summed E-state index contributed by atoms with van der Waals surface area (Å²) in [6, 6.07) is 0.975. The summed E-state index contributed by atoms with van der Waals surface area (Å²) in [5.41, 5.74) is -0.611. The van der Waals surface area contributed by atoms with E-state index in [2.05, 4.69) is 10.3 Å². The summed E-state index contributed by atoms with van der Waals surface area (Å²) >= 11 is 0. The number of rotatable bonds is 5. The van der Waals surface area contributed by atoms with Crippen LogP contribution in [-0.2, 0) is 0 Å². The van der Waals surface area contributed by atoms with Crippen molar-refractivity contribution >= 4 is 17.5 Å². The highest BCUT2D eigenvalue weighted by atomic mass is 16.6. The second kappa shape index (κ2) is 5.83. The molecule has 108 valence electrons. The maximum absolute atomic E-state index is 10.9. The molecule has 1 saturated carbocycles. The number of aliphatic hydroxyl groups excluding tert-OH is 1. The van der Waals surface area contributed by atoms with Crippen LogP contribution in [0, 0.1) is 16.0 Å². The first kappa shape index (κ1) is 14.2. The van der Waals surface area contributed by atoms with Crippen LogP contribution in [0.25, 0.3) is 0 Å². The molecule has 1 aromatic rings. The summed E-state index contributed by atoms with van der Waals surface area (Å²) in [7, 11) is 0. The predicted molar refractivity (Wildman–Crippen MR) is 69.7 cm³/mol. The number of hydrogen-bond donors (Lipinski definition) is 3. The highest BCUT2D eigenvalue weighted by molar-refractivity contribution is 5.88. The van der Waals surface area contributed by atoms with Gasteiger partial charge in [0.2, 0.25) is 5.82 Å². The van der Waals surface area contributed by atoms with Crippen molar-refractivity contribution in [3.63, 3.8) is 0 Å². The Balaban J connectivity index is 2.14. The van der Waals surface area contributed by atoms with Crippen molar-refractivity contribution in [3.05, 3.63) is 27.9 Å². The normalized spacial score (nSPS) is 21.6. The van der Waals surface area contributed by atoms with E-state index in [1.807, 2.05) is 0 Å². The van der Waals surface area contributed by atoms with E-state index >= 15 is 0 Å². The molecule has 1 fully saturated rings. The van der Waals surface area contributed by atoms with Crippen LogP contribution < -0.4 is 5.32 Å².